The third kappa shape index (κ3) is 3.58. The fourth-order valence-electron chi connectivity index (χ4n) is 1.75. The van der Waals surface area contributed by atoms with E-state index < -0.39 is 12.2 Å². The van der Waals surface area contributed by atoms with Gasteiger partial charge in [-0.1, -0.05) is 11.8 Å². The molecule has 0 bridgehead atoms. The molecule has 0 aromatic rings. The Balaban J connectivity index is 2.58. The quantitative estimate of drug-likeness (QED) is 0.637. The summed E-state index contributed by atoms with van der Waals surface area (Å²) in [5, 5.41) is 29.5. The highest BCUT2D eigenvalue weighted by molar-refractivity contribution is 8.14. The largest absolute Gasteiger partial charge is 0.396 e. The Morgan fingerprint density at radius 3 is 2.65 bits per heavy atom. The zero-order chi connectivity index (χ0) is 13.0. The number of amidine groups is 1. The van der Waals surface area contributed by atoms with Crippen molar-refractivity contribution in [3.8, 4) is 0 Å². The molecule has 17 heavy (non-hydrogen) atoms. The second-order valence-electron chi connectivity index (χ2n) is 4.37. The molecule has 0 saturated carbocycles. The van der Waals surface area contributed by atoms with Crippen LogP contribution in [0, 0.1) is 5.92 Å². The standard InChI is InChI=1S/C11H22N2O3S/c1-4-13(3)11-12-5-9(17-11)8(6-14)10(16)7(2)15/h7-10,14-16H,4-6H2,1-3H3/t7-,8+,9?,10+/m1/s1. The van der Waals surface area contributed by atoms with Gasteiger partial charge in [0, 0.05) is 31.4 Å². The first kappa shape index (κ1) is 14.8. The number of aliphatic hydroxyl groups excluding tert-OH is 3. The van der Waals surface area contributed by atoms with Crippen LogP contribution in [0.4, 0.5) is 0 Å². The summed E-state index contributed by atoms with van der Waals surface area (Å²) >= 11 is 1.57. The van der Waals surface area contributed by atoms with Crippen molar-refractivity contribution in [2.75, 3.05) is 26.7 Å². The lowest BCUT2D eigenvalue weighted by molar-refractivity contribution is -0.0229. The summed E-state index contributed by atoms with van der Waals surface area (Å²) in [7, 11) is 1.97. The van der Waals surface area contributed by atoms with Gasteiger partial charge in [-0.15, -0.1) is 0 Å². The molecular formula is C11H22N2O3S. The van der Waals surface area contributed by atoms with Gasteiger partial charge in [0.1, 0.15) is 0 Å². The van der Waals surface area contributed by atoms with Crippen LogP contribution in [0.3, 0.4) is 0 Å². The summed E-state index contributed by atoms with van der Waals surface area (Å²) in [6.07, 6.45) is -1.74. The van der Waals surface area contributed by atoms with Crippen LogP contribution in [-0.4, -0.2) is 69.6 Å². The second kappa shape index (κ2) is 6.58. The molecule has 0 aromatic carbocycles. The zero-order valence-electron chi connectivity index (χ0n) is 10.6. The third-order valence-corrected chi connectivity index (χ3v) is 4.54. The summed E-state index contributed by atoms with van der Waals surface area (Å²) in [5.74, 6) is -0.341. The molecule has 0 saturated heterocycles. The number of thioether (sulfide) groups is 1. The van der Waals surface area contributed by atoms with Gasteiger partial charge in [0.2, 0.25) is 0 Å². The van der Waals surface area contributed by atoms with Gasteiger partial charge in [0.25, 0.3) is 0 Å². The van der Waals surface area contributed by atoms with E-state index in [2.05, 4.69) is 4.99 Å². The van der Waals surface area contributed by atoms with Crippen LogP contribution < -0.4 is 0 Å². The molecule has 4 atom stereocenters. The maximum atomic E-state index is 9.84. The molecule has 0 spiro atoms. The minimum Gasteiger partial charge on any atom is -0.396 e. The van der Waals surface area contributed by atoms with Crippen molar-refractivity contribution < 1.29 is 15.3 Å². The molecule has 5 nitrogen and oxygen atoms in total. The molecule has 1 aliphatic heterocycles. The van der Waals surface area contributed by atoms with E-state index in [0.717, 1.165) is 11.7 Å². The first-order valence-corrected chi connectivity index (χ1v) is 6.78. The van der Waals surface area contributed by atoms with Gasteiger partial charge in [0.05, 0.1) is 18.8 Å². The molecule has 0 aromatic heterocycles. The molecule has 100 valence electrons. The van der Waals surface area contributed by atoms with E-state index in [1.807, 2.05) is 18.9 Å². The van der Waals surface area contributed by atoms with Crippen molar-refractivity contribution in [2.45, 2.75) is 31.3 Å². The van der Waals surface area contributed by atoms with Gasteiger partial charge in [-0.3, -0.25) is 4.99 Å². The van der Waals surface area contributed by atoms with E-state index in [9.17, 15) is 15.3 Å². The highest BCUT2D eigenvalue weighted by Crippen LogP contribution is 2.31. The van der Waals surface area contributed by atoms with Crippen LogP contribution in [-0.2, 0) is 0 Å². The minimum atomic E-state index is -0.904. The maximum Gasteiger partial charge on any atom is 0.159 e. The number of rotatable bonds is 5. The summed E-state index contributed by atoms with van der Waals surface area (Å²) in [6, 6.07) is 0. The molecule has 0 radical (unpaired) electrons. The highest BCUT2D eigenvalue weighted by atomic mass is 32.2. The summed E-state index contributed by atoms with van der Waals surface area (Å²) in [5.41, 5.74) is 0. The van der Waals surface area contributed by atoms with Gasteiger partial charge >= 0.3 is 0 Å². The lowest BCUT2D eigenvalue weighted by Crippen LogP contribution is -2.40. The number of aliphatic hydroxyl groups is 3. The van der Waals surface area contributed by atoms with Crippen molar-refractivity contribution in [1.82, 2.24) is 4.90 Å². The number of aliphatic imine (C=N–C) groups is 1. The normalized spacial score (nSPS) is 25.3. The topological polar surface area (TPSA) is 76.3 Å². The Labute approximate surface area is 107 Å². The fraction of sp³-hybridized carbons (Fsp3) is 0.909. The zero-order valence-corrected chi connectivity index (χ0v) is 11.4. The Bertz CT molecular complexity index is 273. The van der Waals surface area contributed by atoms with Gasteiger partial charge in [-0.05, 0) is 13.8 Å². The molecule has 3 N–H and O–H groups in total. The first-order chi connectivity index (χ1) is 8.01. The molecule has 6 heteroatoms. The number of hydrogen-bond acceptors (Lipinski definition) is 6. The van der Waals surface area contributed by atoms with Crippen molar-refractivity contribution in [1.29, 1.82) is 0 Å². The summed E-state index contributed by atoms with van der Waals surface area (Å²) in [4.78, 5) is 6.44. The predicted molar refractivity (Wildman–Crippen MR) is 70.2 cm³/mol. The van der Waals surface area contributed by atoms with Gasteiger partial charge in [0.15, 0.2) is 5.17 Å². The molecule has 1 aliphatic rings. The van der Waals surface area contributed by atoms with E-state index in [-0.39, 0.29) is 17.8 Å². The Morgan fingerprint density at radius 1 is 1.53 bits per heavy atom. The first-order valence-electron chi connectivity index (χ1n) is 5.90. The summed E-state index contributed by atoms with van der Waals surface area (Å²) in [6.45, 7) is 4.90. The lowest BCUT2D eigenvalue weighted by atomic mass is 9.95. The van der Waals surface area contributed by atoms with Crippen LogP contribution in [0.1, 0.15) is 13.8 Å². The van der Waals surface area contributed by atoms with Gasteiger partial charge in [-0.2, -0.15) is 0 Å². The van der Waals surface area contributed by atoms with Crippen LogP contribution in [0.2, 0.25) is 0 Å². The van der Waals surface area contributed by atoms with Crippen LogP contribution in [0.15, 0.2) is 4.99 Å². The number of hydrogen-bond donors (Lipinski definition) is 3. The van der Waals surface area contributed by atoms with E-state index in [1.165, 1.54) is 6.92 Å². The molecule has 1 heterocycles. The molecule has 0 aliphatic carbocycles. The predicted octanol–water partition coefficient (Wildman–Crippen LogP) is -0.240. The highest BCUT2D eigenvalue weighted by Gasteiger charge is 2.35. The molecular weight excluding hydrogens is 240 g/mol. The lowest BCUT2D eigenvalue weighted by Gasteiger charge is -2.27. The maximum absolute atomic E-state index is 9.84. The van der Waals surface area contributed by atoms with Gasteiger partial charge in [-0.25, -0.2) is 0 Å². The molecule has 0 amide bonds. The van der Waals surface area contributed by atoms with Crippen molar-refractivity contribution >= 4 is 16.9 Å². The van der Waals surface area contributed by atoms with Crippen LogP contribution in [0.5, 0.6) is 0 Å². The van der Waals surface area contributed by atoms with E-state index in [1.54, 1.807) is 11.8 Å². The average molecular weight is 262 g/mol. The molecule has 0 fully saturated rings. The Kier molecular flexibility index (Phi) is 5.72. The monoisotopic (exact) mass is 262 g/mol. The molecule has 1 rings (SSSR count). The SMILES string of the molecule is CCN(C)C1=NCC([C@H](CO)[C@@H](O)[C@@H](C)O)S1. The third-order valence-electron chi connectivity index (χ3n) is 3.09. The number of nitrogens with zero attached hydrogens (tertiary/aromatic N) is 2. The Morgan fingerprint density at radius 2 is 2.18 bits per heavy atom. The van der Waals surface area contributed by atoms with E-state index >= 15 is 0 Å². The second-order valence-corrected chi connectivity index (χ2v) is 5.58. The Hall–Kier alpha value is -0.300. The van der Waals surface area contributed by atoms with Gasteiger partial charge < -0.3 is 20.2 Å². The van der Waals surface area contributed by atoms with Crippen molar-refractivity contribution in [2.24, 2.45) is 10.9 Å². The van der Waals surface area contributed by atoms with Crippen molar-refractivity contribution in [3.63, 3.8) is 0 Å². The average Bonchev–Trinajstić information content (AvgIpc) is 2.78. The van der Waals surface area contributed by atoms with Crippen LogP contribution in [0.25, 0.3) is 0 Å². The minimum absolute atomic E-state index is 0.0357. The summed E-state index contributed by atoms with van der Waals surface area (Å²) < 4.78 is 0. The fourth-order valence-corrected chi connectivity index (χ4v) is 3.05. The smallest absolute Gasteiger partial charge is 0.159 e. The molecule has 1 unspecified atom stereocenters. The van der Waals surface area contributed by atoms with Crippen molar-refractivity contribution in [3.05, 3.63) is 0 Å². The van der Waals surface area contributed by atoms with E-state index in [4.69, 9.17) is 0 Å². The van der Waals surface area contributed by atoms with E-state index in [0.29, 0.717) is 6.54 Å². The van der Waals surface area contributed by atoms with Crippen LogP contribution >= 0.6 is 11.8 Å².